The molecule has 3 rings (SSSR count). The molecular formula is C36H56NO6-. The van der Waals surface area contributed by atoms with Crippen molar-refractivity contribution in [2.24, 2.45) is 11.8 Å². The summed E-state index contributed by atoms with van der Waals surface area (Å²) in [5, 5.41) is 51.9. The van der Waals surface area contributed by atoms with Gasteiger partial charge in [0.1, 0.15) is 5.75 Å². The van der Waals surface area contributed by atoms with Gasteiger partial charge < -0.3 is 30.5 Å². The van der Waals surface area contributed by atoms with E-state index in [1.807, 2.05) is 18.3 Å². The second-order valence-corrected chi connectivity index (χ2v) is 13.1. The lowest BCUT2D eigenvalue weighted by Crippen LogP contribution is -2.37. The SMILES string of the molecule is CCCCCCCC(O)CCCCCCC(C(=O)O)C(O)CCC1(O)CCCC1Cc1cc(Cc2ccc(O)cc2)c[n-]1. The largest absolute Gasteiger partial charge is 0.667 e. The summed E-state index contributed by atoms with van der Waals surface area (Å²) in [6.07, 6.45) is 16.8. The van der Waals surface area contributed by atoms with E-state index in [0.717, 1.165) is 81.0 Å². The second kappa shape index (κ2) is 18.5. The van der Waals surface area contributed by atoms with Gasteiger partial charge in [-0.3, -0.25) is 4.79 Å². The van der Waals surface area contributed by atoms with Gasteiger partial charge in [0.05, 0.1) is 23.7 Å². The van der Waals surface area contributed by atoms with Crippen LogP contribution in [0.2, 0.25) is 0 Å². The molecule has 242 valence electrons. The van der Waals surface area contributed by atoms with E-state index >= 15 is 0 Å². The number of aliphatic hydroxyl groups excluding tert-OH is 2. The normalized spacial score (nSPS) is 20.7. The van der Waals surface area contributed by atoms with Crippen LogP contribution >= 0.6 is 0 Å². The molecule has 43 heavy (non-hydrogen) atoms. The fraction of sp³-hybridized carbons (Fsp3) is 0.694. The predicted molar refractivity (Wildman–Crippen MR) is 170 cm³/mol. The molecule has 1 aromatic carbocycles. The Hall–Kier alpha value is -2.35. The third-order valence-electron chi connectivity index (χ3n) is 9.57. The lowest BCUT2D eigenvalue weighted by atomic mass is 9.81. The zero-order valence-electron chi connectivity index (χ0n) is 26.3. The third-order valence-corrected chi connectivity index (χ3v) is 9.57. The summed E-state index contributed by atoms with van der Waals surface area (Å²) in [6, 6.07) is 9.24. The summed E-state index contributed by atoms with van der Waals surface area (Å²) in [5.74, 6) is -1.51. The van der Waals surface area contributed by atoms with Crippen LogP contribution in [0.3, 0.4) is 0 Å². The van der Waals surface area contributed by atoms with E-state index < -0.39 is 23.6 Å². The Balaban J connectivity index is 1.37. The van der Waals surface area contributed by atoms with Crippen LogP contribution < -0.4 is 4.98 Å². The third kappa shape index (κ3) is 12.3. The van der Waals surface area contributed by atoms with E-state index in [1.165, 1.54) is 25.7 Å². The number of unbranched alkanes of at least 4 members (excludes halogenated alkanes) is 7. The molecule has 1 saturated carbocycles. The molecule has 1 aliphatic rings. The van der Waals surface area contributed by atoms with Gasteiger partial charge in [-0.2, -0.15) is 11.9 Å². The molecule has 0 amide bonds. The molecule has 0 spiro atoms. The molecule has 0 radical (unpaired) electrons. The van der Waals surface area contributed by atoms with Crippen LogP contribution in [0, 0.1) is 11.8 Å². The second-order valence-electron chi connectivity index (χ2n) is 13.1. The number of carbonyl (C=O) groups is 1. The number of aromatic hydroxyl groups is 1. The number of aromatic nitrogens is 1. The van der Waals surface area contributed by atoms with Crippen molar-refractivity contribution in [2.45, 2.75) is 147 Å². The van der Waals surface area contributed by atoms with Crippen LogP contribution in [-0.2, 0) is 17.6 Å². The highest BCUT2D eigenvalue weighted by atomic mass is 16.4. The molecule has 0 bridgehead atoms. The fourth-order valence-corrected chi connectivity index (χ4v) is 6.82. The van der Waals surface area contributed by atoms with E-state index in [4.69, 9.17) is 0 Å². The maximum atomic E-state index is 12.0. The van der Waals surface area contributed by atoms with Gasteiger partial charge in [0, 0.05) is 0 Å². The summed E-state index contributed by atoms with van der Waals surface area (Å²) in [6.45, 7) is 2.20. The van der Waals surface area contributed by atoms with Gasteiger partial charge >= 0.3 is 5.97 Å². The smallest absolute Gasteiger partial charge is 0.309 e. The van der Waals surface area contributed by atoms with Crippen LogP contribution in [0.1, 0.15) is 133 Å². The highest BCUT2D eigenvalue weighted by molar-refractivity contribution is 5.70. The molecule has 2 aromatic rings. The Bertz CT molecular complexity index is 1050. The van der Waals surface area contributed by atoms with Crippen molar-refractivity contribution >= 4 is 5.97 Å². The maximum absolute atomic E-state index is 12.0. The molecule has 1 fully saturated rings. The fourth-order valence-electron chi connectivity index (χ4n) is 6.82. The van der Waals surface area contributed by atoms with Crippen LogP contribution in [0.5, 0.6) is 5.75 Å². The zero-order valence-corrected chi connectivity index (χ0v) is 26.3. The first-order chi connectivity index (χ1) is 20.7. The first-order valence-corrected chi connectivity index (χ1v) is 16.9. The Morgan fingerprint density at radius 1 is 0.930 bits per heavy atom. The van der Waals surface area contributed by atoms with E-state index in [0.29, 0.717) is 25.7 Å². The topological polar surface area (TPSA) is 132 Å². The summed E-state index contributed by atoms with van der Waals surface area (Å²) in [4.78, 5) is 16.6. The van der Waals surface area contributed by atoms with Gasteiger partial charge in [0.25, 0.3) is 0 Å². The number of aliphatic carboxylic acids is 1. The van der Waals surface area contributed by atoms with Crippen molar-refractivity contribution in [3.8, 4) is 5.75 Å². The van der Waals surface area contributed by atoms with Gasteiger partial charge in [-0.25, -0.2) is 0 Å². The molecule has 0 saturated heterocycles. The molecule has 1 aliphatic carbocycles. The summed E-state index contributed by atoms with van der Waals surface area (Å²) in [7, 11) is 0. The average molecular weight is 599 g/mol. The average Bonchev–Trinajstić information content (AvgIpc) is 3.58. The Kier molecular flexibility index (Phi) is 15.1. The van der Waals surface area contributed by atoms with Crippen LogP contribution in [0.15, 0.2) is 36.5 Å². The quantitative estimate of drug-likeness (QED) is 0.0930. The first kappa shape index (κ1) is 35.1. The Morgan fingerprint density at radius 3 is 2.23 bits per heavy atom. The molecule has 7 nitrogen and oxygen atoms in total. The van der Waals surface area contributed by atoms with E-state index in [9.17, 15) is 30.3 Å². The molecule has 1 aromatic heterocycles. The number of aliphatic hydroxyl groups is 3. The molecule has 7 heteroatoms. The van der Waals surface area contributed by atoms with Crippen molar-refractivity contribution in [1.82, 2.24) is 4.98 Å². The maximum Gasteiger partial charge on any atom is 0.309 e. The number of carboxylic acids is 1. The number of phenols is 1. The Morgan fingerprint density at radius 2 is 1.58 bits per heavy atom. The first-order valence-electron chi connectivity index (χ1n) is 16.9. The molecule has 5 N–H and O–H groups in total. The lowest BCUT2D eigenvalue weighted by Gasteiger charge is -2.33. The number of phenolic OH excluding ortho intramolecular Hbond substituents is 1. The van der Waals surface area contributed by atoms with Crippen molar-refractivity contribution < 1.29 is 30.3 Å². The number of hydrogen-bond acceptors (Lipinski definition) is 5. The Labute approximate surface area is 258 Å². The van der Waals surface area contributed by atoms with Gasteiger partial charge in [-0.15, -0.1) is 0 Å². The summed E-state index contributed by atoms with van der Waals surface area (Å²) >= 11 is 0. The zero-order chi connectivity index (χ0) is 31.1. The lowest BCUT2D eigenvalue weighted by molar-refractivity contribution is -0.146. The molecular weight excluding hydrogens is 542 g/mol. The highest BCUT2D eigenvalue weighted by Crippen LogP contribution is 2.41. The minimum atomic E-state index is -0.980. The van der Waals surface area contributed by atoms with Crippen LogP contribution in [0.4, 0.5) is 0 Å². The number of benzene rings is 1. The highest BCUT2D eigenvalue weighted by Gasteiger charge is 2.41. The van der Waals surface area contributed by atoms with Crippen molar-refractivity contribution in [1.29, 1.82) is 0 Å². The van der Waals surface area contributed by atoms with Gasteiger partial charge in [0.15, 0.2) is 0 Å². The monoisotopic (exact) mass is 598 g/mol. The number of carboxylic acid groups (broad SMARTS) is 1. The van der Waals surface area contributed by atoms with E-state index in [1.54, 1.807) is 12.1 Å². The molecule has 1 heterocycles. The minimum Gasteiger partial charge on any atom is -0.667 e. The van der Waals surface area contributed by atoms with Crippen molar-refractivity contribution in [3.05, 3.63) is 53.3 Å². The van der Waals surface area contributed by atoms with Crippen molar-refractivity contribution in [2.75, 3.05) is 0 Å². The van der Waals surface area contributed by atoms with E-state index in [2.05, 4.69) is 18.0 Å². The number of rotatable bonds is 22. The standard InChI is InChI=1S/C36H56NO6/c1-2-3-4-5-8-13-31(38)14-9-6-7-10-15-33(35(41)42)34(40)20-22-36(43)21-11-12-29(36)25-30-24-28(26-37-30)23-27-16-18-32(39)19-17-27/h16-19,24,26,29,31,33-34,38-40,43H,2-15,20-23,25H2,1H3,(H,41,42)/q-1. The van der Waals surface area contributed by atoms with Gasteiger partial charge in [0.2, 0.25) is 0 Å². The van der Waals surface area contributed by atoms with Gasteiger partial charge in [-0.05, 0) is 81.4 Å². The summed E-state index contributed by atoms with van der Waals surface area (Å²) in [5.41, 5.74) is 2.22. The number of nitrogens with zero attached hydrogens (tertiary/aromatic N) is 1. The molecule has 5 atom stereocenters. The number of hydrogen-bond donors (Lipinski definition) is 5. The molecule has 5 unspecified atom stereocenters. The minimum absolute atomic E-state index is 0.0334. The van der Waals surface area contributed by atoms with Gasteiger partial charge in [-0.1, -0.05) is 94.9 Å². The van der Waals surface area contributed by atoms with Crippen LogP contribution in [-0.4, -0.2) is 49.3 Å². The van der Waals surface area contributed by atoms with Crippen LogP contribution in [0.25, 0.3) is 0 Å². The predicted octanol–water partition coefficient (Wildman–Crippen LogP) is 6.92. The van der Waals surface area contributed by atoms with E-state index in [-0.39, 0.29) is 24.2 Å². The molecule has 0 aliphatic heterocycles. The summed E-state index contributed by atoms with van der Waals surface area (Å²) < 4.78 is 0. The van der Waals surface area contributed by atoms with Crippen molar-refractivity contribution in [3.63, 3.8) is 0 Å².